The van der Waals surface area contributed by atoms with Gasteiger partial charge in [0.15, 0.2) is 0 Å². The summed E-state index contributed by atoms with van der Waals surface area (Å²) in [6, 6.07) is 10.6. The number of halogens is 1. The van der Waals surface area contributed by atoms with E-state index in [4.69, 9.17) is 4.74 Å². The Balaban J connectivity index is 1.61. The third kappa shape index (κ3) is 6.67. The number of nitrogens with one attached hydrogen (secondary N) is 1. The summed E-state index contributed by atoms with van der Waals surface area (Å²) in [6.45, 7) is 6.00. The van der Waals surface area contributed by atoms with Crippen LogP contribution in [0.15, 0.2) is 53.4 Å². The monoisotopic (exact) mass is 477 g/mol. The average molecular weight is 478 g/mol. The van der Waals surface area contributed by atoms with Crippen LogP contribution in [0.1, 0.15) is 30.6 Å². The minimum absolute atomic E-state index is 0.0154. The molecule has 1 N–H and O–H groups in total. The number of ether oxygens (including phenoxy) is 1. The van der Waals surface area contributed by atoms with E-state index in [0.717, 1.165) is 12.1 Å². The van der Waals surface area contributed by atoms with E-state index >= 15 is 0 Å². The lowest BCUT2D eigenvalue weighted by Gasteiger charge is -2.22. The van der Waals surface area contributed by atoms with Crippen LogP contribution >= 0.6 is 0 Å². The first-order valence-electron chi connectivity index (χ1n) is 10.7. The highest BCUT2D eigenvalue weighted by Gasteiger charge is 2.24. The van der Waals surface area contributed by atoms with Gasteiger partial charge in [-0.3, -0.25) is 9.52 Å². The standard InChI is InChI=1S/C23H28FN3O5S/c1-17(2)16-32-23(29)27-13-3-12-26(14-15-27)22(28)18-4-10-21(11-5-18)33(30,31)25-20-8-6-19(24)7-9-20/h4-11,17,25H,3,12-16H2,1-2H3. The fraction of sp³-hybridized carbons (Fsp3) is 0.391. The number of hydrogen-bond donors (Lipinski definition) is 1. The van der Waals surface area contributed by atoms with Crippen molar-refractivity contribution in [1.29, 1.82) is 0 Å². The maximum absolute atomic E-state index is 13.0. The lowest BCUT2D eigenvalue weighted by atomic mass is 10.2. The predicted molar refractivity (Wildman–Crippen MR) is 122 cm³/mol. The van der Waals surface area contributed by atoms with Crippen LogP contribution in [0.25, 0.3) is 0 Å². The van der Waals surface area contributed by atoms with Crippen molar-refractivity contribution >= 4 is 27.7 Å². The van der Waals surface area contributed by atoms with Crippen LogP contribution in [0.2, 0.25) is 0 Å². The molecule has 0 atom stereocenters. The molecule has 1 fully saturated rings. The second-order valence-corrected chi connectivity index (χ2v) is 9.92. The first-order valence-corrected chi connectivity index (χ1v) is 12.2. The van der Waals surface area contributed by atoms with Gasteiger partial charge in [-0.15, -0.1) is 0 Å². The Hall–Kier alpha value is -3.14. The fourth-order valence-corrected chi connectivity index (χ4v) is 4.38. The van der Waals surface area contributed by atoms with Gasteiger partial charge >= 0.3 is 6.09 Å². The molecule has 0 unspecified atom stereocenters. The van der Waals surface area contributed by atoms with E-state index in [1.54, 1.807) is 9.80 Å². The molecule has 2 aromatic rings. The minimum atomic E-state index is -3.88. The lowest BCUT2D eigenvalue weighted by molar-refractivity contribution is 0.0746. The molecule has 1 aliphatic heterocycles. The first kappa shape index (κ1) is 24.5. The minimum Gasteiger partial charge on any atom is -0.449 e. The van der Waals surface area contributed by atoms with Crippen LogP contribution in [0.4, 0.5) is 14.9 Å². The Morgan fingerprint density at radius 2 is 1.58 bits per heavy atom. The highest BCUT2D eigenvalue weighted by atomic mass is 32.2. The second kappa shape index (κ2) is 10.7. The fourth-order valence-electron chi connectivity index (χ4n) is 3.32. The summed E-state index contributed by atoms with van der Waals surface area (Å²) in [5, 5.41) is 0. The normalized spacial score (nSPS) is 14.7. The van der Waals surface area contributed by atoms with Crippen LogP contribution < -0.4 is 4.72 Å². The highest BCUT2D eigenvalue weighted by Crippen LogP contribution is 2.18. The highest BCUT2D eigenvalue weighted by molar-refractivity contribution is 7.92. The van der Waals surface area contributed by atoms with Crippen molar-refractivity contribution in [3.05, 3.63) is 59.9 Å². The second-order valence-electron chi connectivity index (χ2n) is 8.24. The molecule has 2 aromatic carbocycles. The SMILES string of the molecule is CC(C)COC(=O)N1CCCN(C(=O)c2ccc(S(=O)(=O)Nc3ccc(F)cc3)cc2)CC1. The van der Waals surface area contributed by atoms with E-state index < -0.39 is 15.8 Å². The Morgan fingerprint density at radius 1 is 0.970 bits per heavy atom. The molecular formula is C23H28FN3O5S. The van der Waals surface area contributed by atoms with Gasteiger partial charge in [0.25, 0.3) is 15.9 Å². The summed E-state index contributed by atoms with van der Waals surface area (Å²) in [5.74, 6) is -0.454. The number of benzene rings is 2. The molecule has 178 valence electrons. The van der Waals surface area contributed by atoms with Gasteiger partial charge < -0.3 is 14.5 Å². The van der Waals surface area contributed by atoms with Gasteiger partial charge in [0.1, 0.15) is 5.82 Å². The third-order valence-corrected chi connectivity index (χ3v) is 6.49. The van der Waals surface area contributed by atoms with Crippen molar-refractivity contribution in [2.45, 2.75) is 25.2 Å². The first-order chi connectivity index (χ1) is 15.7. The number of carbonyl (C=O) groups is 2. The maximum Gasteiger partial charge on any atom is 0.409 e. The maximum atomic E-state index is 13.0. The number of hydrogen-bond acceptors (Lipinski definition) is 5. The van der Waals surface area contributed by atoms with Gasteiger partial charge in [-0.05, 0) is 60.9 Å². The smallest absolute Gasteiger partial charge is 0.409 e. The zero-order valence-corrected chi connectivity index (χ0v) is 19.5. The van der Waals surface area contributed by atoms with Crippen LogP contribution in [-0.4, -0.2) is 63.0 Å². The molecule has 0 aromatic heterocycles. The van der Waals surface area contributed by atoms with Crippen molar-refractivity contribution in [3.63, 3.8) is 0 Å². The molecule has 1 heterocycles. The molecule has 0 aliphatic carbocycles. The van der Waals surface area contributed by atoms with Crippen molar-refractivity contribution in [1.82, 2.24) is 9.80 Å². The Morgan fingerprint density at radius 3 is 2.21 bits per heavy atom. The number of anilines is 1. The van der Waals surface area contributed by atoms with Gasteiger partial charge in [0, 0.05) is 37.4 Å². The predicted octanol–water partition coefficient (Wildman–Crippen LogP) is 3.57. The summed E-state index contributed by atoms with van der Waals surface area (Å²) in [4.78, 5) is 28.4. The molecule has 3 rings (SSSR count). The quantitative estimate of drug-likeness (QED) is 0.686. The molecule has 8 nitrogen and oxygen atoms in total. The number of nitrogens with zero attached hydrogens (tertiary/aromatic N) is 2. The third-order valence-electron chi connectivity index (χ3n) is 5.09. The molecule has 1 aliphatic rings. The molecule has 0 bridgehead atoms. The zero-order valence-electron chi connectivity index (χ0n) is 18.7. The van der Waals surface area contributed by atoms with Crippen molar-refractivity contribution in [2.24, 2.45) is 5.92 Å². The van der Waals surface area contributed by atoms with E-state index in [-0.39, 0.29) is 28.5 Å². The van der Waals surface area contributed by atoms with Crippen molar-refractivity contribution < 1.29 is 27.1 Å². The molecule has 2 amide bonds. The van der Waals surface area contributed by atoms with Crippen LogP contribution in [0, 0.1) is 11.7 Å². The van der Waals surface area contributed by atoms with E-state index in [1.807, 2.05) is 13.8 Å². The summed E-state index contributed by atoms with van der Waals surface area (Å²) in [7, 11) is -3.88. The van der Waals surface area contributed by atoms with Gasteiger partial charge in [0.05, 0.1) is 11.5 Å². The Labute approximate surface area is 193 Å². The van der Waals surface area contributed by atoms with Crippen LogP contribution in [0.5, 0.6) is 0 Å². The van der Waals surface area contributed by atoms with Gasteiger partial charge in [-0.2, -0.15) is 0 Å². The largest absolute Gasteiger partial charge is 0.449 e. The Bertz CT molecular complexity index is 1070. The van der Waals surface area contributed by atoms with Crippen LogP contribution in [0.3, 0.4) is 0 Å². The van der Waals surface area contributed by atoms with E-state index in [2.05, 4.69) is 4.72 Å². The van der Waals surface area contributed by atoms with E-state index in [9.17, 15) is 22.4 Å². The molecule has 10 heteroatoms. The molecule has 33 heavy (non-hydrogen) atoms. The van der Waals surface area contributed by atoms with E-state index in [0.29, 0.717) is 44.8 Å². The zero-order chi connectivity index (χ0) is 24.0. The van der Waals surface area contributed by atoms with E-state index in [1.165, 1.54) is 36.4 Å². The Kier molecular flexibility index (Phi) is 7.91. The van der Waals surface area contributed by atoms with Gasteiger partial charge in [-0.25, -0.2) is 17.6 Å². The summed E-state index contributed by atoms with van der Waals surface area (Å²) >= 11 is 0. The van der Waals surface area contributed by atoms with Crippen molar-refractivity contribution in [3.8, 4) is 0 Å². The topological polar surface area (TPSA) is 96.0 Å². The molecule has 0 saturated carbocycles. The average Bonchev–Trinajstić information content (AvgIpc) is 3.05. The molecule has 0 spiro atoms. The number of amides is 2. The van der Waals surface area contributed by atoms with Crippen LogP contribution in [-0.2, 0) is 14.8 Å². The number of carbonyl (C=O) groups excluding carboxylic acids is 2. The summed E-state index contributed by atoms with van der Waals surface area (Å²) in [5.41, 5.74) is 0.587. The van der Waals surface area contributed by atoms with Gasteiger partial charge in [-0.1, -0.05) is 13.8 Å². The molecular weight excluding hydrogens is 449 g/mol. The number of rotatable bonds is 6. The van der Waals surface area contributed by atoms with Crippen molar-refractivity contribution in [2.75, 3.05) is 37.5 Å². The molecule has 0 radical (unpaired) electrons. The summed E-state index contributed by atoms with van der Waals surface area (Å²) < 4.78 is 45.8. The lowest BCUT2D eigenvalue weighted by Crippen LogP contribution is -2.38. The van der Waals surface area contributed by atoms with Gasteiger partial charge in [0.2, 0.25) is 0 Å². The number of sulfonamides is 1. The summed E-state index contributed by atoms with van der Waals surface area (Å²) in [6.07, 6.45) is 0.248. The molecule has 1 saturated heterocycles.